The van der Waals surface area contributed by atoms with Crippen LogP contribution in [0.15, 0.2) is 5.11 Å². The lowest BCUT2D eigenvalue weighted by Crippen LogP contribution is -2.65. The molecule has 0 saturated carbocycles. The standard InChI is InChI=1S/C21H49N3O5Si4/c1-21(2,3)33(13,14)29-20-17(23-24-22)19(28-32(10,11)12)18(27-31(7,8)9)16(26-20)15-25-30(4,5)6/h16-20H,15H2,1-14H3/t16?,17?,18-,19?,20+/m1/s1. The van der Waals surface area contributed by atoms with E-state index < -0.39 is 57.8 Å². The maximum absolute atomic E-state index is 9.47. The first-order valence-electron chi connectivity index (χ1n) is 11.9. The quantitative estimate of drug-likeness (QED) is 0.134. The van der Waals surface area contributed by atoms with Crippen LogP contribution in [0.25, 0.3) is 10.4 Å². The van der Waals surface area contributed by atoms with E-state index in [1.54, 1.807) is 0 Å². The van der Waals surface area contributed by atoms with E-state index >= 15 is 0 Å². The van der Waals surface area contributed by atoms with Gasteiger partial charge in [-0.05, 0) is 82.6 Å². The van der Waals surface area contributed by atoms with Crippen LogP contribution in [-0.2, 0) is 22.4 Å². The van der Waals surface area contributed by atoms with Gasteiger partial charge in [-0.25, -0.2) is 0 Å². The molecule has 5 atom stereocenters. The first-order valence-corrected chi connectivity index (χ1v) is 25.1. The van der Waals surface area contributed by atoms with E-state index in [2.05, 4.69) is 103 Å². The van der Waals surface area contributed by atoms with E-state index in [0.29, 0.717) is 6.61 Å². The van der Waals surface area contributed by atoms with Crippen LogP contribution < -0.4 is 0 Å². The van der Waals surface area contributed by atoms with Gasteiger partial charge in [-0.3, -0.25) is 0 Å². The lowest BCUT2D eigenvalue weighted by Gasteiger charge is -2.51. The molecule has 1 aliphatic heterocycles. The molecule has 33 heavy (non-hydrogen) atoms. The topological polar surface area (TPSA) is 94.9 Å². The Morgan fingerprint density at radius 1 is 0.788 bits per heavy atom. The zero-order valence-corrected chi connectivity index (χ0v) is 27.5. The van der Waals surface area contributed by atoms with E-state index in [9.17, 15) is 5.53 Å². The lowest BCUT2D eigenvalue weighted by molar-refractivity contribution is -0.234. The summed E-state index contributed by atoms with van der Waals surface area (Å²) >= 11 is 0. The molecule has 8 nitrogen and oxygen atoms in total. The Kier molecular flexibility index (Phi) is 10.3. The first kappa shape index (κ1) is 31.0. The number of azide groups is 1. The van der Waals surface area contributed by atoms with Gasteiger partial charge >= 0.3 is 0 Å². The van der Waals surface area contributed by atoms with Crippen molar-refractivity contribution in [3.05, 3.63) is 10.4 Å². The molecule has 1 saturated heterocycles. The minimum Gasteiger partial charge on any atom is -0.415 e. The molecule has 0 bridgehead atoms. The highest BCUT2D eigenvalue weighted by Crippen LogP contribution is 2.41. The van der Waals surface area contributed by atoms with Gasteiger partial charge in [0.2, 0.25) is 0 Å². The second-order valence-electron chi connectivity index (χ2n) is 13.4. The smallest absolute Gasteiger partial charge is 0.195 e. The molecule has 0 aromatic rings. The predicted octanol–water partition coefficient (Wildman–Crippen LogP) is 6.70. The van der Waals surface area contributed by atoms with Crippen LogP contribution in [0, 0.1) is 0 Å². The van der Waals surface area contributed by atoms with Crippen molar-refractivity contribution in [2.75, 3.05) is 6.61 Å². The molecule has 0 radical (unpaired) electrons. The number of ether oxygens (including phenoxy) is 1. The third kappa shape index (κ3) is 10.2. The normalized spacial score (nSPS) is 27.9. The first-order chi connectivity index (χ1) is 14.6. The summed E-state index contributed by atoms with van der Waals surface area (Å²) in [5, 5.41) is 4.15. The van der Waals surface area contributed by atoms with E-state index in [1.807, 2.05) is 0 Å². The zero-order valence-electron chi connectivity index (χ0n) is 23.5. The maximum atomic E-state index is 9.47. The molecule has 3 unspecified atom stereocenters. The summed E-state index contributed by atoms with van der Waals surface area (Å²) in [7, 11) is -8.04. The van der Waals surface area contributed by atoms with E-state index in [4.69, 9.17) is 22.4 Å². The van der Waals surface area contributed by atoms with Crippen LogP contribution >= 0.6 is 0 Å². The monoisotopic (exact) mass is 535 g/mol. The highest BCUT2D eigenvalue weighted by molar-refractivity contribution is 6.74. The lowest BCUT2D eigenvalue weighted by atomic mass is 9.98. The van der Waals surface area contributed by atoms with Gasteiger partial charge in [0.15, 0.2) is 39.6 Å². The third-order valence-corrected chi connectivity index (χ3v) is 13.1. The van der Waals surface area contributed by atoms with Crippen molar-refractivity contribution in [3.8, 4) is 0 Å². The highest BCUT2D eigenvalue weighted by Gasteiger charge is 2.52. The molecule has 12 heteroatoms. The van der Waals surface area contributed by atoms with Gasteiger partial charge in [0, 0.05) is 4.91 Å². The molecule has 0 spiro atoms. The van der Waals surface area contributed by atoms with Gasteiger partial charge in [-0.1, -0.05) is 25.9 Å². The average molecular weight is 536 g/mol. The van der Waals surface area contributed by atoms with Gasteiger partial charge in [0.25, 0.3) is 0 Å². The van der Waals surface area contributed by atoms with Crippen LogP contribution in [0.1, 0.15) is 20.8 Å². The summed E-state index contributed by atoms with van der Waals surface area (Å²) in [4.78, 5) is 3.17. The maximum Gasteiger partial charge on any atom is 0.195 e. The Hall–Kier alpha value is -0.0225. The van der Waals surface area contributed by atoms with Crippen LogP contribution in [-0.4, -0.2) is 70.5 Å². The van der Waals surface area contributed by atoms with Gasteiger partial charge in [-0.15, -0.1) is 0 Å². The van der Waals surface area contributed by atoms with Crippen LogP contribution in [0.5, 0.6) is 0 Å². The molecule has 0 N–H and O–H groups in total. The Balaban J connectivity index is 3.53. The van der Waals surface area contributed by atoms with Crippen LogP contribution in [0.4, 0.5) is 0 Å². The van der Waals surface area contributed by atoms with Gasteiger partial charge < -0.3 is 22.4 Å². The molecule has 194 valence electrons. The molecule has 0 aliphatic carbocycles. The van der Waals surface area contributed by atoms with Crippen molar-refractivity contribution in [2.24, 2.45) is 5.11 Å². The molecule has 0 amide bonds. The summed E-state index contributed by atoms with van der Waals surface area (Å²) < 4.78 is 32.9. The molecule has 1 rings (SSSR count). The van der Waals surface area contributed by atoms with E-state index in [-0.39, 0.29) is 11.1 Å². The highest BCUT2D eigenvalue weighted by atomic mass is 28.4. The summed E-state index contributed by atoms with van der Waals surface area (Å²) in [6.45, 7) is 30.6. The zero-order chi connectivity index (χ0) is 26.0. The van der Waals surface area contributed by atoms with Crippen LogP contribution in [0.3, 0.4) is 0 Å². The van der Waals surface area contributed by atoms with Crippen molar-refractivity contribution < 1.29 is 22.4 Å². The largest absolute Gasteiger partial charge is 0.415 e. The van der Waals surface area contributed by atoms with Gasteiger partial charge in [-0.2, -0.15) is 0 Å². The van der Waals surface area contributed by atoms with E-state index in [1.165, 1.54) is 0 Å². The molecule has 1 aliphatic rings. The molecule has 0 aromatic carbocycles. The molecule has 1 heterocycles. The van der Waals surface area contributed by atoms with Crippen molar-refractivity contribution in [1.29, 1.82) is 0 Å². The number of nitrogens with zero attached hydrogens (tertiary/aromatic N) is 3. The predicted molar refractivity (Wildman–Crippen MR) is 146 cm³/mol. The van der Waals surface area contributed by atoms with Crippen molar-refractivity contribution in [2.45, 2.75) is 128 Å². The number of hydrogen-bond acceptors (Lipinski definition) is 6. The van der Waals surface area contributed by atoms with E-state index in [0.717, 1.165) is 0 Å². The minimum absolute atomic E-state index is 0.0254. The minimum atomic E-state index is -2.23. The second-order valence-corrected chi connectivity index (χ2v) is 31.6. The van der Waals surface area contributed by atoms with Crippen molar-refractivity contribution >= 4 is 33.3 Å². The summed E-state index contributed by atoms with van der Waals surface area (Å²) in [5.74, 6) is 0. The second kappa shape index (κ2) is 10.9. The third-order valence-electron chi connectivity index (χ3n) is 5.68. The summed E-state index contributed by atoms with van der Waals surface area (Å²) in [6, 6.07) is -0.639. The molecule has 0 aromatic heterocycles. The fourth-order valence-corrected chi connectivity index (χ4v) is 7.18. The molecular weight excluding hydrogens is 487 g/mol. The van der Waals surface area contributed by atoms with Gasteiger partial charge in [0.1, 0.15) is 12.1 Å². The summed E-state index contributed by atoms with van der Waals surface area (Å²) in [6.07, 6.45) is -1.93. The fourth-order valence-electron chi connectivity index (χ4n) is 3.20. The Morgan fingerprint density at radius 2 is 1.27 bits per heavy atom. The van der Waals surface area contributed by atoms with Crippen molar-refractivity contribution in [1.82, 2.24) is 0 Å². The summed E-state index contributed by atoms with van der Waals surface area (Å²) in [5.41, 5.74) is 9.47. The fraction of sp³-hybridized carbons (Fsp3) is 1.00. The Bertz CT molecular complexity index is 692. The Morgan fingerprint density at radius 3 is 1.67 bits per heavy atom. The average Bonchev–Trinajstić information content (AvgIpc) is 2.54. The number of hydrogen-bond donors (Lipinski definition) is 0. The number of rotatable bonds is 10. The SMILES string of the molecule is CC(C)(C)[Si](C)(C)O[C@@H]1OC(CO[Si](C)(C)C)[C@@H](O[Si](C)(C)C)C(O[Si](C)(C)C)C1N=[N+]=[N-]. The van der Waals surface area contributed by atoms with Gasteiger partial charge in [0.05, 0.1) is 18.8 Å². The Labute approximate surface area is 206 Å². The molecular formula is C21H49N3O5Si4. The molecule has 1 fully saturated rings. The van der Waals surface area contributed by atoms with Crippen LogP contribution in [0.2, 0.25) is 77.1 Å². The van der Waals surface area contributed by atoms with Crippen molar-refractivity contribution in [3.63, 3.8) is 0 Å².